The normalized spacial score (nSPS) is 15.8. The highest BCUT2D eigenvalue weighted by Crippen LogP contribution is 2.36. The second-order valence-electron chi connectivity index (χ2n) is 7.98. The van der Waals surface area contributed by atoms with E-state index in [0.717, 1.165) is 22.6 Å². The van der Waals surface area contributed by atoms with Crippen molar-refractivity contribution in [2.75, 3.05) is 5.32 Å². The summed E-state index contributed by atoms with van der Waals surface area (Å²) in [4.78, 5) is 15.3. The predicted molar refractivity (Wildman–Crippen MR) is 114 cm³/mol. The number of benzene rings is 2. The molecule has 2 amide bonds. The van der Waals surface area contributed by atoms with Gasteiger partial charge in [-0.25, -0.2) is 4.79 Å². The standard InChI is InChI=1S/C24H27N3O/c1-16(2)23-22-10-7-13-26(22)21-9-6-5-8-19(21)15-27(23)24(28)25-20-12-11-17(3)18(4)14-20/h5-14,16,23H,15H2,1-4H3,(H,25,28)/t23-/m0/s1. The fourth-order valence-corrected chi connectivity index (χ4v) is 4.09. The Morgan fingerprint density at radius 1 is 1.04 bits per heavy atom. The van der Waals surface area contributed by atoms with Crippen LogP contribution in [-0.2, 0) is 6.54 Å². The van der Waals surface area contributed by atoms with Gasteiger partial charge in [-0.1, -0.05) is 38.1 Å². The summed E-state index contributed by atoms with van der Waals surface area (Å²) >= 11 is 0. The molecule has 0 saturated heterocycles. The molecule has 0 unspecified atom stereocenters. The number of aryl methyl sites for hydroxylation is 2. The summed E-state index contributed by atoms with van der Waals surface area (Å²) < 4.78 is 2.23. The average Bonchev–Trinajstić information content (AvgIpc) is 3.08. The molecule has 0 radical (unpaired) electrons. The molecule has 4 heteroatoms. The number of para-hydroxylation sites is 1. The van der Waals surface area contributed by atoms with Crippen molar-refractivity contribution in [3.05, 3.63) is 83.2 Å². The summed E-state index contributed by atoms with van der Waals surface area (Å²) in [7, 11) is 0. The molecule has 4 rings (SSSR count). The molecule has 0 bridgehead atoms. The minimum absolute atomic E-state index is 0.00561. The lowest BCUT2D eigenvalue weighted by atomic mass is 9.99. The van der Waals surface area contributed by atoms with Crippen LogP contribution < -0.4 is 5.32 Å². The number of urea groups is 1. The Hall–Kier alpha value is -3.01. The third-order valence-electron chi connectivity index (χ3n) is 5.66. The second kappa shape index (κ2) is 7.19. The Labute approximate surface area is 166 Å². The molecular weight excluding hydrogens is 346 g/mol. The van der Waals surface area contributed by atoms with Crippen LogP contribution in [0.2, 0.25) is 0 Å². The molecule has 0 spiro atoms. The minimum atomic E-state index is -0.0635. The van der Waals surface area contributed by atoms with Gasteiger partial charge < -0.3 is 14.8 Å². The number of aromatic nitrogens is 1. The molecule has 2 aromatic carbocycles. The number of carbonyl (C=O) groups excluding carboxylic acids is 1. The van der Waals surface area contributed by atoms with Crippen molar-refractivity contribution < 1.29 is 4.79 Å². The first-order valence-corrected chi connectivity index (χ1v) is 9.86. The number of rotatable bonds is 2. The van der Waals surface area contributed by atoms with E-state index in [0.29, 0.717) is 6.54 Å². The van der Waals surface area contributed by atoms with E-state index < -0.39 is 0 Å². The van der Waals surface area contributed by atoms with Gasteiger partial charge in [0.15, 0.2) is 0 Å². The quantitative estimate of drug-likeness (QED) is 0.602. The van der Waals surface area contributed by atoms with Gasteiger partial charge in [0.2, 0.25) is 0 Å². The monoisotopic (exact) mass is 373 g/mol. The van der Waals surface area contributed by atoms with E-state index in [-0.39, 0.29) is 18.0 Å². The van der Waals surface area contributed by atoms with Crippen LogP contribution in [-0.4, -0.2) is 15.5 Å². The maximum atomic E-state index is 13.4. The smallest absolute Gasteiger partial charge is 0.318 e. The predicted octanol–water partition coefficient (Wildman–Crippen LogP) is 5.84. The summed E-state index contributed by atoms with van der Waals surface area (Å²) in [5.41, 5.74) is 6.68. The Bertz CT molecular complexity index is 1020. The lowest BCUT2D eigenvalue weighted by Crippen LogP contribution is -2.39. The molecule has 2 heterocycles. The SMILES string of the molecule is Cc1ccc(NC(=O)N2Cc3ccccc3-n3cccc3[C@@H]2C(C)C)cc1C. The topological polar surface area (TPSA) is 37.3 Å². The van der Waals surface area contributed by atoms with Gasteiger partial charge in [-0.3, -0.25) is 0 Å². The molecule has 0 fully saturated rings. The summed E-state index contributed by atoms with van der Waals surface area (Å²) in [5, 5.41) is 3.12. The summed E-state index contributed by atoms with van der Waals surface area (Å²) in [5.74, 6) is 0.286. The molecule has 0 aliphatic carbocycles. The third-order valence-corrected chi connectivity index (χ3v) is 5.66. The Morgan fingerprint density at radius 2 is 1.82 bits per heavy atom. The van der Waals surface area contributed by atoms with Crippen LogP contribution in [0.3, 0.4) is 0 Å². The number of amides is 2. The van der Waals surface area contributed by atoms with E-state index in [9.17, 15) is 4.79 Å². The van der Waals surface area contributed by atoms with Crippen LogP contribution in [0.5, 0.6) is 0 Å². The van der Waals surface area contributed by atoms with Crippen LogP contribution in [0.4, 0.5) is 10.5 Å². The second-order valence-corrected chi connectivity index (χ2v) is 7.98. The van der Waals surface area contributed by atoms with Crippen LogP contribution in [0.25, 0.3) is 5.69 Å². The zero-order valence-corrected chi connectivity index (χ0v) is 16.9. The average molecular weight is 374 g/mol. The Kier molecular flexibility index (Phi) is 4.71. The van der Waals surface area contributed by atoms with E-state index in [1.807, 2.05) is 29.2 Å². The van der Waals surface area contributed by atoms with E-state index in [2.05, 4.69) is 74.1 Å². The van der Waals surface area contributed by atoms with Crippen LogP contribution >= 0.6 is 0 Å². The van der Waals surface area contributed by atoms with Gasteiger partial charge >= 0.3 is 6.03 Å². The molecule has 1 N–H and O–H groups in total. The minimum Gasteiger partial charge on any atom is -0.318 e. The van der Waals surface area contributed by atoms with E-state index in [1.165, 1.54) is 11.1 Å². The summed E-state index contributed by atoms with van der Waals surface area (Å²) in [6, 6.07) is 18.5. The molecule has 4 nitrogen and oxygen atoms in total. The zero-order valence-electron chi connectivity index (χ0n) is 16.9. The van der Waals surface area contributed by atoms with Crippen molar-refractivity contribution >= 4 is 11.7 Å². The van der Waals surface area contributed by atoms with Gasteiger partial charge in [-0.2, -0.15) is 0 Å². The van der Waals surface area contributed by atoms with Gasteiger partial charge in [0, 0.05) is 17.6 Å². The molecule has 144 valence electrons. The van der Waals surface area contributed by atoms with Gasteiger partial charge in [-0.05, 0) is 66.8 Å². The van der Waals surface area contributed by atoms with Gasteiger partial charge in [-0.15, -0.1) is 0 Å². The van der Waals surface area contributed by atoms with Gasteiger partial charge in [0.1, 0.15) is 0 Å². The van der Waals surface area contributed by atoms with Crippen molar-refractivity contribution in [2.24, 2.45) is 5.92 Å². The third kappa shape index (κ3) is 3.19. The Balaban J connectivity index is 1.74. The van der Waals surface area contributed by atoms with Gasteiger partial charge in [0.05, 0.1) is 18.3 Å². The van der Waals surface area contributed by atoms with E-state index in [4.69, 9.17) is 0 Å². The van der Waals surface area contributed by atoms with Crippen LogP contribution in [0.15, 0.2) is 60.8 Å². The van der Waals surface area contributed by atoms with Crippen molar-refractivity contribution in [3.63, 3.8) is 0 Å². The fourth-order valence-electron chi connectivity index (χ4n) is 4.09. The first-order valence-electron chi connectivity index (χ1n) is 9.86. The van der Waals surface area contributed by atoms with Crippen molar-refractivity contribution in [1.29, 1.82) is 0 Å². The van der Waals surface area contributed by atoms with Crippen molar-refractivity contribution in [1.82, 2.24) is 9.47 Å². The number of carbonyl (C=O) groups is 1. The fraction of sp³-hybridized carbons (Fsp3) is 0.292. The highest BCUT2D eigenvalue weighted by atomic mass is 16.2. The molecule has 1 aromatic heterocycles. The largest absolute Gasteiger partial charge is 0.322 e. The highest BCUT2D eigenvalue weighted by molar-refractivity contribution is 5.90. The first kappa shape index (κ1) is 18.4. The number of anilines is 1. The van der Waals surface area contributed by atoms with Crippen LogP contribution in [0.1, 0.15) is 42.3 Å². The van der Waals surface area contributed by atoms with Crippen LogP contribution in [0, 0.1) is 19.8 Å². The molecule has 1 aliphatic rings. The molecule has 0 saturated carbocycles. The van der Waals surface area contributed by atoms with Crippen molar-refractivity contribution in [2.45, 2.75) is 40.3 Å². The van der Waals surface area contributed by atoms with E-state index in [1.54, 1.807) is 0 Å². The molecule has 1 aliphatic heterocycles. The first-order chi connectivity index (χ1) is 13.5. The highest BCUT2D eigenvalue weighted by Gasteiger charge is 2.33. The lowest BCUT2D eigenvalue weighted by Gasteiger charge is -2.33. The number of nitrogens with one attached hydrogen (secondary N) is 1. The summed E-state index contributed by atoms with van der Waals surface area (Å²) in [6.45, 7) is 9.08. The van der Waals surface area contributed by atoms with E-state index >= 15 is 0 Å². The maximum absolute atomic E-state index is 13.4. The molecule has 1 atom stereocenters. The summed E-state index contributed by atoms with van der Waals surface area (Å²) in [6.07, 6.45) is 2.09. The lowest BCUT2D eigenvalue weighted by molar-refractivity contribution is 0.162. The maximum Gasteiger partial charge on any atom is 0.322 e. The molecular formula is C24H27N3O. The number of hydrogen-bond donors (Lipinski definition) is 1. The number of nitrogens with zero attached hydrogens (tertiary/aromatic N) is 2. The molecule has 28 heavy (non-hydrogen) atoms. The van der Waals surface area contributed by atoms with Crippen molar-refractivity contribution in [3.8, 4) is 5.69 Å². The zero-order chi connectivity index (χ0) is 19.8. The number of hydrogen-bond acceptors (Lipinski definition) is 1. The Morgan fingerprint density at radius 3 is 2.57 bits per heavy atom. The molecule has 3 aromatic rings. The number of fused-ring (bicyclic) bond motifs is 3. The van der Waals surface area contributed by atoms with Gasteiger partial charge in [0.25, 0.3) is 0 Å².